The number of rotatable bonds is 4. The second-order valence-electron chi connectivity index (χ2n) is 6.74. The van der Waals surface area contributed by atoms with Crippen LogP contribution in [0, 0.1) is 11.8 Å². The van der Waals surface area contributed by atoms with Gasteiger partial charge in [-0.3, -0.25) is 9.59 Å². The van der Waals surface area contributed by atoms with Crippen LogP contribution in [-0.4, -0.2) is 48.1 Å². The Morgan fingerprint density at radius 3 is 2.70 bits per heavy atom. The van der Waals surface area contributed by atoms with Crippen LogP contribution in [0.1, 0.15) is 39.5 Å². The largest absolute Gasteiger partial charge is 0.376 e. The SMILES string of the molecule is CC(C)CC1NC(=O)CN(C2CCOC2C2CC2)C1=O. The molecule has 2 aliphatic heterocycles. The van der Waals surface area contributed by atoms with Crippen LogP contribution in [0.2, 0.25) is 0 Å². The highest BCUT2D eigenvalue weighted by atomic mass is 16.5. The van der Waals surface area contributed by atoms with Crippen molar-refractivity contribution in [3.05, 3.63) is 0 Å². The Kier molecular flexibility index (Phi) is 3.71. The Balaban J connectivity index is 1.73. The third kappa shape index (κ3) is 2.68. The first kappa shape index (κ1) is 13.9. The van der Waals surface area contributed by atoms with E-state index in [4.69, 9.17) is 4.74 Å². The maximum Gasteiger partial charge on any atom is 0.245 e. The van der Waals surface area contributed by atoms with Crippen molar-refractivity contribution in [3.8, 4) is 0 Å². The van der Waals surface area contributed by atoms with E-state index < -0.39 is 0 Å². The molecule has 3 rings (SSSR count). The molecule has 1 saturated carbocycles. The van der Waals surface area contributed by atoms with E-state index in [1.807, 2.05) is 0 Å². The maximum absolute atomic E-state index is 12.6. The second kappa shape index (κ2) is 5.35. The lowest BCUT2D eigenvalue weighted by molar-refractivity contribution is -0.148. The van der Waals surface area contributed by atoms with Crippen LogP contribution in [0.3, 0.4) is 0 Å². The summed E-state index contributed by atoms with van der Waals surface area (Å²) in [5.41, 5.74) is 0. The number of amides is 2. The van der Waals surface area contributed by atoms with Crippen molar-refractivity contribution in [3.63, 3.8) is 0 Å². The molecule has 2 saturated heterocycles. The van der Waals surface area contributed by atoms with Crippen LogP contribution in [0.4, 0.5) is 0 Å². The van der Waals surface area contributed by atoms with Crippen molar-refractivity contribution in [2.75, 3.05) is 13.2 Å². The summed E-state index contributed by atoms with van der Waals surface area (Å²) in [6.07, 6.45) is 4.14. The van der Waals surface area contributed by atoms with E-state index in [1.54, 1.807) is 4.90 Å². The molecule has 1 aliphatic carbocycles. The number of carbonyl (C=O) groups is 2. The molecule has 0 bridgehead atoms. The zero-order valence-corrected chi connectivity index (χ0v) is 12.3. The van der Waals surface area contributed by atoms with Gasteiger partial charge < -0.3 is 15.0 Å². The number of nitrogens with zero attached hydrogens (tertiary/aromatic N) is 1. The van der Waals surface area contributed by atoms with E-state index in [0.717, 1.165) is 6.42 Å². The number of hydrogen-bond donors (Lipinski definition) is 1. The molecule has 0 aromatic carbocycles. The third-order valence-corrected chi connectivity index (χ3v) is 4.53. The van der Waals surface area contributed by atoms with Crippen molar-refractivity contribution >= 4 is 11.8 Å². The minimum atomic E-state index is -0.350. The zero-order chi connectivity index (χ0) is 14.3. The molecule has 3 aliphatic rings. The van der Waals surface area contributed by atoms with Crippen molar-refractivity contribution < 1.29 is 14.3 Å². The topological polar surface area (TPSA) is 58.6 Å². The highest BCUT2D eigenvalue weighted by molar-refractivity contribution is 5.95. The van der Waals surface area contributed by atoms with Crippen LogP contribution < -0.4 is 5.32 Å². The van der Waals surface area contributed by atoms with Gasteiger partial charge in [0.2, 0.25) is 11.8 Å². The molecule has 5 heteroatoms. The molecule has 3 atom stereocenters. The van der Waals surface area contributed by atoms with E-state index >= 15 is 0 Å². The Labute approximate surface area is 120 Å². The summed E-state index contributed by atoms with van der Waals surface area (Å²) in [6.45, 7) is 5.06. The molecule has 20 heavy (non-hydrogen) atoms. The third-order valence-electron chi connectivity index (χ3n) is 4.53. The Hall–Kier alpha value is -1.10. The highest BCUT2D eigenvalue weighted by Gasteiger charge is 2.47. The Morgan fingerprint density at radius 1 is 1.30 bits per heavy atom. The number of nitrogens with one attached hydrogen (secondary N) is 1. The normalized spacial score (nSPS) is 34.8. The van der Waals surface area contributed by atoms with Crippen LogP contribution in [0.15, 0.2) is 0 Å². The number of piperazine rings is 1. The lowest BCUT2D eigenvalue weighted by Crippen LogP contribution is -2.62. The van der Waals surface area contributed by atoms with E-state index in [0.29, 0.717) is 24.9 Å². The second-order valence-corrected chi connectivity index (χ2v) is 6.74. The summed E-state index contributed by atoms with van der Waals surface area (Å²) >= 11 is 0. The molecule has 5 nitrogen and oxygen atoms in total. The molecule has 1 N–H and O–H groups in total. The van der Waals surface area contributed by atoms with Gasteiger partial charge >= 0.3 is 0 Å². The predicted octanol–water partition coefficient (Wildman–Crippen LogP) is 0.927. The molecule has 3 fully saturated rings. The first-order valence-corrected chi connectivity index (χ1v) is 7.77. The van der Waals surface area contributed by atoms with Gasteiger partial charge in [-0.2, -0.15) is 0 Å². The Morgan fingerprint density at radius 2 is 2.05 bits per heavy atom. The molecule has 112 valence electrons. The number of ether oxygens (including phenoxy) is 1. The van der Waals surface area contributed by atoms with Gasteiger partial charge in [-0.25, -0.2) is 0 Å². The van der Waals surface area contributed by atoms with E-state index in [2.05, 4.69) is 19.2 Å². The smallest absolute Gasteiger partial charge is 0.245 e. The fraction of sp³-hybridized carbons (Fsp3) is 0.867. The van der Waals surface area contributed by atoms with Gasteiger partial charge in [0.1, 0.15) is 12.6 Å². The fourth-order valence-electron chi connectivity index (χ4n) is 3.45. The summed E-state index contributed by atoms with van der Waals surface area (Å²) in [5.74, 6) is 1.04. The molecule has 0 aromatic heterocycles. The highest BCUT2D eigenvalue weighted by Crippen LogP contribution is 2.40. The molecule has 2 amide bonds. The average molecular weight is 280 g/mol. The van der Waals surface area contributed by atoms with Gasteiger partial charge in [0.05, 0.1) is 12.1 Å². The summed E-state index contributed by atoms with van der Waals surface area (Å²) in [5, 5.41) is 2.84. The van der Waals surface area contributed by atoms with Crippen molar-refractivity contribution in [2.24, 2.45) is 11.8 Å². The first-order valence-electron chi connectivity index (χ1n) is 7.77. The summed E-state index contributed by atoms with van der Waals surface area (Å²) in [7, 11) is 0. The van der Waals surface area contributed by atoms with E-state index in [9.17, 15) is 9.59 Å². The summed E-state index contributed by atoms with van der Waals surface area (Å²) in [6, 6.07) is -0.243. The predicted molar refractivity (Wildman–Crippen MR) is 74.0 cm³/mol. The van der Waals surface area contributed by atoms with E-state index in [-0.39, 0.29) is 36.5 Å². The summed E-state index contributed by atoms with van der Waals surface area (Å²) < 4.78 is 5.82. The molecule has 0 aromatic rings. The van der Waals surface area contributed by atoms with Gasteiger partial charge in [-0.15, -0.1) is 0 Å². The lowest BCUT2D eigenvalue weighted by atomic mass is 9.97. The van der Waals surface area contributed by atoms with Crippen LogP contribution in [0.5, 0.6) is 0 Å². The number of hydrogen-bond acceptors (Lipinski definition) is 3. The first-order chi connectivity index (χ1) is 9.56. The minimum Gasteiger partial charge on any atom is -0.376 e. The molecular formula is C15H24N2O3. The minimum absolute atomic E-state index is 0.0308. The summed E-state index contributed by atoms with van der Waals surface area (Å²) in [4.78, 5) is 26.3. The molecule has 0 radical (unpaired) electrons. The van der Waals surface area contributed by atoms with Crippen molar-refractivity contribution in [2.45, 2.75) is 57.7 Å². The quantitative estimate of drug-likeness (QED) is 0.833. The molecule has 0 spiro atoms. The van der Waals surface area contributed by atoms with Crippen LogP contribution in [-0.2, 0) is 14.3 Å². The maximum atomic E-state index is 12.6. The van der Waals surface area contributed by atoms with Crippen molar-refractivity contribution in [1.82, 2.24) is 10.2 Å². The standard InChI is InChI=1S/C15H24N2O3/c1-9(2)7-11-15(19)17(8-13(18)16-11)12-5-6-20-14(12)10-3-4-10/h9-12,14H,3-8H2,1-2H3,(H,16,18). The van der Waals surface area contributed by atoms with Gasteiger partial charge in [-0.1, -0.05) is 13.8 Å². The van der Waals surface area contributed by atoms with Gasteiger partial charge in [-0.05, 0) is 37.5 Å². The van der Waals surface area contributed by atoms with Crippen LogP contribution >= 0.6 is 0 Å². The molecular weight excluding hydrogens is 256 g/mol. The lowest BCUT2D eigenvalue weighted by Gasteiger charge is -2.38. The molecule has 3 unspecified atom stereocenters. The van der Waals surface area contributed by atoms with E-state index in [1.165, 1.54) is 12.8 Å². The van der Waals surface area contributed by atoms with Crippen LogP contribution in [0.25, 0.3) is 0 Å². The number of carbonyl (C=O) groups excluding carboxylic acids is 2. The fourth-order valence-corrected chi connectivity index (χ4v) is 3.45. The Bertz CT molecular complexity index is 406. The van der Waals surface area contributed by atoms with Gasteiger partial charge in [0, 0.05) is 6.61 Å². The zero-order valence-electron chi connectivity index (χ0n) is 12.3. The van der Waals surface area contributed by atoms with Gasteiger partial charge in [0.15, 0.2) is 0 Å². The van der Waals surface area contributed by atoms with Gasteiger partial charge in [0.25, 0.3) is 0 Å². The monoisotopic (exact) mass is 280 g/mol. The average Bonchev–Trinajstić information content (AvgIpc) is 3.11. The molecule has 2 heterocycles. The van der Waals surface area contributed by atoms with Crippen molar-refractivity contribution in [1.29, 1.82) is 0 Å².